The molecule has 0 aliphatic carbocycles. The fraction of sp³-hybridized carbons (Fsp3) is 0.600. The standard InChI is InChI=1S/C15H23FN2O/c1-11(17-2)13-7-5-8-14(16)15(13)18-9-4-3-6-12(18)10-19/h5,7-8,11-12,17,19H,3-4,6,9-10H2,1-2H3. The molecule has 106 valence electrons. The number of aliphatic hydroxyl groups excluding tert-OH is 1. The van der Waals surface area contributed by atoms with Gasteiger partial charge in [0.1, 0.15) is 5.82 Å². The Morgan fingerprint density at radius 2 is 2.26 bits per heavy atom. The van der Waals surface area contributed by atoms with Gasteiger partial charge in [-0.05, 0) is 44.9 Å². The Kier molecular flexibility index (Phi) is 4.77. The van der Waals surface area contributed by atoms with Gasteiger partial charge >= 0.3 is 0 Å². The Morgan fingerprint density at radius 1 is 1.47 bits per heavy atom. The number of para-hydroxylation sites is 1. The average Bonchev–Trinajstić information content (AvgIpc) is 2.46. The maximum absolute atomic E-state index is 14.3. The van der Waals surface area contributed by atoms with E-state index in [1.165, 1.54) is 6.07 Å². The third-order valence-electron chi connectivity index (χ3n) is 4.04. The number of rotatable bonds is 4. The number of hydrogen-bond acceptors (Lipinski definition) is 3. The number of benzene rings is 1. The van der Waals surface area contributed by atoms with Crippen LogP contribution < -0.4 is 10.2 Å². The maximum atomic E-state index is 14.3. The molecule has 1 fully saturated rings. The van der Waals surface area contributed by atoms with Crippen molar-refractivity contribution in [3.05, 3.63) is 29.6 Å². The normalized spacial score (nSPS) is 21.5. The molecule has 0 bridgehead atoms. The largest absolute Gasteiger partial charge is 0.394 e. The fourth-order valence-electron chi connectivity index (χ4n) is 2.82. The zero-order valence-electron chi connectivity index (χ0n) is 11.7. The number of nitrogens with zero attached hydrogens (tertiary/aromatic N) is 1. The third kappa shape index (κ3) is 2.90. The molecule has 0 aromatic heterocycles. The molecule has 1 aromatic carbocycles. The number of piperidine rings is 1. The van der Waals surface area contributed by atoms with Crippen LogP contribution in [0.5, 0.6) is 0 Å². The van der Waals surface area contributed by atoms with Crippen LogP contribution in [0.15, 0.2) is 18.2 Å². The Labute approximate surface area is 114 Å². The molecule has 19 heavy (non-hydrogen) atoms. The summed E-state index contributed by atoms with van der Waals surface area (Å²) >= 11 is 0. The van der Waals surface area contributed by atoms with Crippen LogP contribution in [0, 0.1) is 5.82 Å². The molecule has 2 N–H and O–H groups in total. The second-order valence-corrected chi connectivity index (χ2v) is 5.21. The van der Waals surface area contributed by atoms with Gasteiger partial charge < -0.3 is 15.3 Å². The molecular weight excluding hydrogens is 243 g/mol. The number of halogens is 1. The van der Waals surface area contributed by atoms with Crippen molar-refractivity contribution in [2.24, 2.45) is 0 Å². The van der Waals surface area contributed by atoms with E-state index in [1.54, 1.807) is 6.07 Å². The summed E-state index contributed by atoms with van der Waals surface area (Å²) in [6.07, 6.45) is 3.09. The zero-order valence-corrected chi connectivity index (χ0v) is 11.7. The van der Waals surface area contributed by atoms with Crippen LogP contribution in [0.3, 0.4) is 0 Å². The first-order valence-corrected chi connectivity index (χ1v) is 7.02. The first-order chi connectivity index (χ1) is 9.19. The van der Waals surface area contributed by atoms with Gasteiger partial charge in [-0.3, -0.25) is 0 Å². The van der Waals surface area contributed by atoms with Gasteiger partial charge in [0.25, 0.3) is 0 Å². The highest BCUT2D eigenvalue weighted by Crippen LogP contribution is 2.33. The van der Waals surface area contributed by atoms with E-state index in [0.717, 1.165) is 31.4 Å². The van der Waals surface area contributed by atoms with Crippen LogP contribution in [-0.4, -0.2) is 31.3 Å². The number of nitrogens with one attached hydrogen (secondary N) is 1. The smallest absolute Gasteiger partial charge is 0.146 e. The molecule has 1 aliphatic heterocycles. The summed E-state index contributed by atoms with van der Waals surface area (Å²) in [7, 11) is 1.87. The molecular formula is C15H23FN2O. The van der Waals surface area contributed by atoms with Crippen LogP contribution >= 0.6 is 0 Å². The van der Waals surface area contributed by atoms with E-state index in [-0.39, 0.29) is 24.5 Å². The maximum Gasteiger partial charge on any atom is 0.146 e. The van der Waals surface area contributed by atoms with Gasteiger partial charge in [0.15, 0.2) is 0 Å². The first-order valence-electron chi connectivity index (χ1n) is 7.02. The topological polar surface area (TPSA) is 35.5 Å². The van der Waals surface area contributed by atoms with Crippen molar-refractivity contribution >= 4 is 5.69 Å². The van der Waals surface area contributed by atoms with Crippen LogP contribution in [0.4, 0.5) is 10.1 Å². The van der Waals surface area contributed by atoms with Gasteiger partial charge in [0.05, 0.1) is 18.3 Å². The van der Waals surface area contributed by atoms with Crippen LogP contribution in [0.25, 0.3) is 0 Å². The molecule has 0 amide bonds. The lowest BCUT2D eigenvalue weighted by atomic mass is 9.98. The van der Waals surface area contributed by atoms with E-state index in [2.05, 4.69) is 5.32 Å². The second-order valence-electron chi connectivity index (χ2n) is 5.21. The average molecular weight is 266 g/mol. The summed E-state index contributed by atoms with van der Waals surface area (Å²) in [6, 6.07) is 5.34. The highest BCUT2D eigenvalue weighted by molar-refractivity contribution is 5.57. The molecule has 2 unspecified atom stereocenters. The van der Waals surface area contributed by atoms with Gasteiger partial charge in [-0.25, -0.2) is 4.39 Å². The quantitative estimate of drug-likeness (QED) is 0.878. The van der Waals surface area contributed by atoms with Crippen LogP contribution in [0.1, 0.15) is 37.8 Å². The monoisotopic (exact) mass is 266 g/mol. The highest BCUT2D eigenvalue weighted by atomic mass is 19.1. The number of anilines is 1. The summed E-state index contributed by atoms with van der Waals surface area (Å²) in [5.41, 5.74) is 1.62. The van der Waals surface area contributed by atoms with E-state index < -0.39 is 0 Å². The Balaban J connectivity index is 2.41. The van der Waals surface area contributed by atoms with E-state index in [1.807, 2.05) is 24.9 Å². The Morgan fingerprint density at radius 3 is 2.95 bits per heavy atom. The third-order valence-corrected chi connectivity index (χ3v) is 4.04. The van der Waals surface area contributed by atoms with Gasteiger partial charge in [-0.1, -0.05) is 12.1 Å². The predicted octanol–water partition coefficient (Wildman–Crippen LogP) is 2.46. The van der Waals surface area contributed by atoms with Gasteiger partial charge in [-0.15, -0.1) is 0 Å². The lowest BCUT2D eigenvalue weighted by Gasteiger charge is -2.38. The summed E-state index contributed by atoms with van der Waals surface area (Å²) in [5.74, 6) is -0.194. The van der Waals surface area contributed by atoms with E-state index in [9.17, 15) is 9.50 Å². The molecule has 2 rings (SSSR count). The minimum absolute atomic E-state index is 0.0356. The Hall–Kier alpha value is -1.13. The van der Waals surface area contributed by atoms with E-state index in [0.29, 0.717) is 5.69 Å². The van der Waals surface area contributed by atoms with Crippen molar-refractivity contribution in [1.82, 2.24) is 5.32 Å². The van der Waals surface area contributed by atoms with Crippen molar-refractivity contribution in [3.8, 4) is 0 Å². The lowest BCUT2D eigenvalue weighted by molar-refractivity contribution is 0.239. The number of aliphatic hydroxyl groups is 1. The molecule has 1 saturated heterocycles. The van der Waals surface area contributed by atoms with Crippen molar-refractivity contribution < 1.29 is 9.50 Å². The Bertz CT molecular complexity index is 425. The van der Waals surface area contributed by atoms with Crippen molar-refractivity contribution in [2.45, 2.75) is 38.3 Å². The van der Waals surface area contributed by atoms with Gasteiger partial charge in [0, 0.05) is 12.6 Å². The molecule has 0 saturated carbocycles. The molecule has 0 spiro atoms. The highest BCUT2D eigenvalue weighted by Gasteiger charge is 2.27. The minimum Gasteiger partial charge on any atom is -0.394 e. The lowest BCUT2D eigenvalue weighted by Crippen LogP contribution is -2.43. The summed E-state index contributed by atoms with van der Waals surface area (Å²) in [6.45, 7) is 2.92. The minimum atomic E-state index is -0.194. The SMILES string of the molecule is CNC(C)c1cccc(F)c1N1CCCCC1CO. The predicted molar refractivity (Wildman–Crippen MR) is 75.9 cm³/mol. The van der Waals surface area contributed by atoms with Crippen molar-refractivity contribution in [2.75, 3.05) is 25.1 Å². The van der Waals surface area contributed by atoms with Gasteiger partial charge in [-0.2, -0.15) is 0 Å². The van der Waals surface area contributed by atoms with Crippen LogP contribution in [-0.2, 0) is 0 Å². The molecule has 1 aliphatic rings. The number of hydrogen-bond donors (Lipinski definition) is 2. The van der Waals surface area contributed by atoms with E-state index >= 15 is 0 Å². The summed E-state index contributed by atoms with van der Waals surface area (Å²) in [4.78, 5) is 2.04. The molecule has 1 aromatic rings. The first kappa shape index (κ1) is 14.3. The molecule has 1 heterocycles. The molecule has 2 atom stereocenters. The molecule has 3 nitrogen and oxygen atoms in total. The van der Waals surface area contributed by atoms with Crippen molar-refractivity contribution in [3.63, 3.8) is 0 Å². The molecule has 0 radical (unpaired) electrons. The summed E-state index contributed by atoms with van der Waals surface area (Å²) < 4.78 is 14.3. The van der Waals surface area contributed by atoms with Gasteiger partial charge in [0.2, 0.25) is 0 Å². The van der Waals surface area contributed by atoms with E-state index in [4.69, 9.17) is 0 Å². The second kappa shape index (κ2) is 6.35. The van der Waals surface area contributed by atoms with Crippen molar-refractivity contribution in [1.29, 1.82) is 0 Å². The molecule has 4 heteroatoms. The summed E-state index contributed by atoms with van der Waals surface area (Å²) in [5, 5.41) is 12.7. The van der Waals surface area contributed by atoms with Crippen LogP contribution in [0.2, 0.25) is 0 Å². The zero-order chi connectivity index (χ0) is 13.8. The fourth-order valence-corrected chi connectivity index (χ4v) is 2.82.